The van der Waals surface area contributed by atoms with Gasteiger partial charge in [-0.2, -0.15) is 0 Å². The fourth-order valence-corrected chi connectivity index (χ4v) is 4.63. The fourth-order valence-electron chi connectivity index (χ4n) is 4.63. The van der Waals surface area contributed by atoms with E-state index in [1.54, 1.807) is 6.07 Å². The standard InChI is InChI=1S/C25H32FN3O2.C2H2O4/c1-2-31-24-10-6-5-9-23(24)28-15-17-29(18-16-28)25(30)20-11-13-27(14-12-20)19-21-7-3-4-8-22(21)26;3-1(4)2(5)6/h3-10,20H,2,11-19H2,1H3;(H,3,4)(H,5,6). The predicted octanol–water partition coefficient (Wildman–Crippen LogP) is 2.94. The Morgan fingerprint density at radius 3 is 2.08 bits per heavy atom. The zero-order valence-corrected chi connectivity index (χ0v) is 21.0. The molecule has 2 aliphatic rings. The van der Waals surface area contributed by atoms with Crippen molar-refractivity contribution >= 4 is 23.5 Å². The molecule has 2 saturated heterocycles. The number of carbonyl (C=O) groups is 3. The highest BCUT2D eigenvalue weighted by Crippen LogP contribution is 2.29. The van der Waals surface area contributed by atoms with Gasteiger partial charge >= 0.3 is 11.9 Å². The maximum Gasteiger partial charge on any atom is 0.414 e. The van der Waals surface area contributed by atoms with E-state index < -0.39 is 11.9 Å². The van der Waals surface area contributed by atoms with Crippen LogP contribution >= 0.6 is 0 Å². The summed E-state index contributed by atoms with van der Waals surface area (Å²) < 4.78 is 19.7. The molecule has 2 N–H and O–H groups in total. The number of hydrogen-bond acceptors (Lipinski definition) is 6. The Balaban J connectivity index is 0.000000568. The smallest absolute Gasteiger partial charge is 0.414 e. The van der Waals surface area contributed by atoms with Crippen LogP contribution in [0.2, 0.25) is 0 Å². The number of aliphatic carboxylic acids is 2. The van der Waals surface area contributed by atoms with Crippen molar-refractivity contribution < 1.29 is 33.7 Å². The van der Waals surface area contributed by atoms with Crippen molar-refractivity contribution in [3.8, 4) is 5.75 Å². The molecule has 0 saturated carbocycles. The Morgan fingerprint density at radius 2 is 1.49 bits per heavy atom. The van der Waals surface area contributed by atoms with E-state index in [9.17, 15) is 9.18 Å². The van der Waals surface area contributed by atoms with Gasteiger partial charge < -0.3 is 24.7 Å². The molecule has 0 radical (unpaired) electrons. The summed E-state index contributed by atoms with van der Waals surface area (Å²) in [6.07, 6.45) is 1.70. The van der Waals surface area contributed by atoms with Crippen LogP contribution in [0.4, 0.5) is 10.1 Å². The summed E-state index contributed by atoms with van der Waals surface area (Å²) in [5.74, 6) is -2.52. The van der Waals surface area contributed by atoms with Gasteiger partial charge in [0.05, 0.1) is 12.3 Å². The molecule has 2 aromatic carbocycles. The first-order valence-electron chi connectivity index (χ1n) is 12.5. The number of hydrogen-bond donors (Lipinski definition) is 2. The van der Waals surface area contributed by atoms with Gasteiger partial charge in [0.15, 0.2) is 0 Å². The van der Waals surface area contributed by atoms with Gasteiger partial charge in [-0.15, -0.1) is 0 Å². The highest BCUT2D eigenvalue weighted by atomic mass is 19.1. The average Bonchev–Trinajstić information content (AvgIpc) is 2.91. The van der Waals surface area contributed by atoms with Gasteiger partial charge in [0.2, 0.25) is 5.91 Å². The van der Waals surface area contributed by atoms with Crippen molar-refractivity contribution in [2.75, 3.05) is 50.8 Å². The molecule has 1 amide bonds. The molecule has 2 heterocycles. The van der Waals surface area contributed by atoms with E-state index in [0.29, 0.717) is 13.2 Å². The maximum atomic E-state index is 13.9. The Morgan fingerprint density at radius 1 is 0.892 bits per heavy atom. The number of ether oxygens (including phenoxy) is 1. The molecule has 200 valence electrons. The molecule has 2 aliphatic heterocycles. The fraction of sp³-hybridized carbons (Fsp3) is 0.444. The maximum absolute atomic E-state index is 13.9. The first-order chi connectivity index (χ1) is 17.8. The Kier molecular flexibility index (Phi) is 10.3. The molecule has 0 spiro atoms. The van der Waals surface area contributed by atoms with E-state index in [1.807, 2.05) is 42.2 Å². The van der Waals surface area contributed by atoms with E-state index in [2.05, 4.69) is 15.9 Å². The molecule has 37 heavy (non-hydrogen) atoms. The molecular formula is C27H34FN3O6. The van der Waals surface area contributed by atoms with Crippen LogP contribution in [0.5, 0.6) is 5.75 Å². The first kappa shape index (κ1) is 27.9. The number of rotatable bonds is 6. The summed E-state index contributed by atoms with van der Waals surface area (Å²) in [6.45, 7) is 8.07. The second-order valence-corrected chi connectivity index (χ2v) is 8.97. The number of piperazine rings is 1. The van der Waals surface area contributed by atoms with Gasteiger partial charge in [-0.1, -0.05) is 30.3 Å². The quantitative estimate of drug-likeness (QED) is 0.565. The summed E-state index contributed by atoms with van der Waals surface area (Å²) in [5.41, 5.74) is 1.84. The van der Waals surface area contributed by atoms with Crippen molar-refractivity contribution in [1.29, 1.82) is 0 Å². The van der Waals surface area contributed by atoms with E-state index in [-0.39, 0.29) is 17.6 Å². The van der Waals surface area contributed by atoms with Crippen molar-refractivity contribution in [2.45, 2.75) is 26.3 Å². The number of para-hydroxylation sites is 2. The summed E-state index contributed by atoms with van der Waals surface area (Å²) in [5, 5.41) is 14.8. The van der Waals surface area contributed by atoms with Crippen molar-refractivity contribution in [2.24, 2.45) is 5.92 Å². The number of piperidine rings is 1. The number of nitrogens with zero attached hydrogens (tertiary/aromatic N) is 3. The van der Waals surface area contributed by atoms with Gasteiger partial charge in [0.25, 0.3) is 0 Å². The number of carboxylic acids is 2. The van der Waals surface area contributed by atoms with Crippen LogP contribution in [0.3, 0.4) is 0 Å². The lowest BCUT2D eigenvalue weighted by molar-refractivity contribution is -0.159. The van der Waals surface area contributed by atoms with Crippen LogP contribution in [0.25, 0.3) is 0 Å². The third-order valence-electron chi connectivity index (χ3n) is 6.57. The van der Waals surface area contributed by atoms with E-state index >= 15 is 0 Å². The Bertz CT molecular complexity index is 1050. The van der Waals surface area contributed by atoms with Crippen LogP contribution in [0.15, 0.2) is 48.5 Å². The van der Waals surface area contributed by atoms with E-state index in [4.69, 9.17) is 24.5 Å². The molecule has 0 aromatic heterocycles. The number of carbonyl (C=O) groups excluding carboxylic acids is 1. The lowest BCUT2D eigenvalue weighted by atomic mass is 9.94. The highest BCUT2D eigenvalue weighted by molar-refractivity contribution is 6.27. The minimum absolute atomic E-state index is 0.0825. The average molecular weight is 516 g/mol. The van der Waals surface area contributed by atoms with Gasteiger partial charge in [-0.05, 0) is 51.1 Å². The second-order valence-electron chi connectivity index (χ2n) is 8.97. The normalized spacial score (nSPS) is 16.5. The lowest BCUT2D eigenvalue weighted by Crippen LogP contribution is -2.51. The van der Waals surface area contributed by atoms with E-state index in [0.717, 1.165) is 69.1 Å². The summed E-state index contributed by atoms with van der Waals surface area (Å²) >= 11 is 0. The molecule has 0 atom stereocenters. The number of halogens is 1. The SMILES string of the molecule is CCOc1ccccc1N1CCN(C(=O)C2CCN(Cc3ccccc3F)CC2)CC1.O=C(O)C(=O)O. The number of amides is 1. The summed E-state index contributed by atoms with van der Waals surface area (Å²) in [7, 11) is 0. The molecule has 0 unspecified atom stereocenters. The minimum atomic E-state index is -1.82. The van der Waals surface area contributed by atoms with Crippen LogP contribution in [-0.2, 0) is 20.9 Å². The van der Waals surface area contributed by atoms with Crippen LogP contribution in [0.1, 0.15) is 25.3 Å². The van der Waals surface area contributed by atoms with Crippen LogP contribution in [-0.4, -0.2) is 83.7 Å². The topological polar surface area (TPSA) is 111 Å². The van der Waals surface area contributed by atoms with Gasteiger partial charge in [0.1, 0.15) is 11.6 Å². The van der Waals surface area contributed by atoms with Crippen LogP contribution < -0.4 is 9.64 Å². The molecule has 10 heteroatoms. The minimum Gasteiger partial charge on any atom is -0.492 e. The molecule has 9 nitrogen and oxygen atoms in total. The highest BCUT2D eigenvalue weighted by Gasteiger charge is 2.31. The predicted molar refractivity (Wildman–Crippen MR) is 136 cm³/mol. The zero-order chi connectivity index (χ0) is 26.8. The molecule has 0 bridgehead atoms. The van der Waals surface area contributed by atoms with Gasteiger partial charge in [0, 0.05) is 44.2 Å². The lowest BCUT2D eigenvalue weighted by Gasteiger charge is -2.39. The van der Waals surface area contributed by atoms with Gasteiger partial charge in [-0.3, -0.25) is 9.69 Å². The Hall–Kier alpha value is -3.66. The molecular weight excluding hydrogens is 481 g/mol. The number of anilines is 1. The first-order valence-corrected chi connectivity index (χ1v) is 12.5. The van der Waals surface area contributed by atoms with Crippen molar-refractivity contribution in [3.63, 3.8) is 0 Å². The third kappa shape index (κ3) is 7.91. The number of benzene rings is 2. The molecule has 2 aromatic rings. The second kappa shape index (κ2) is 13.6. The third-order valence-corrected chi connectivity index (χ3v) is 6.57. The van der Waals surface area contributed by atoms with Crippen molar-refractivity contribution in [1.82, 2.24) is 9.80 Å². The van der Waals surface area contributed by atoms with Crippen LogP contribution in [0, 0.1) is 11.7 Å². The number of likely N-dealkylation sites (tertiary alicyclic amines) is 1. The molecule has 0 aliphatic carbocycles. The van der Waals surface area contributed by atoms with Crippen molar-refractivity contribution in [3.05, 3.63) is 59.9 Å². The molecule has 2 fully saturated rings. The summed E-state index contributed by atoms with van der Waals surface area (Å²) in [6, 6.07) is 15.1. The monoisotopic (exact) mass is 515 g/mol. The summed E-state index contributed by atoms with van der Waals surface area (Å²) in [4.78, 5) is 37.9. The Labute approximate surface area is 216 Å². The van der Waals surface area contributed by atoms with E-state index in [1.165, 1.54) is 6.07 Å². The zero-order valence-electron chi connectivity index (χ0n) is 21.0. The largest absolute Gasteiger partial charge is 0.492 e. The van der Waals surface area contributed by atoms with Gasteiger partial charge in [-0.25, -0.2) is 14.0 Å². The molecule has 4 rings (SSSR count). The number of carboxylic acid groups (broad SMARTS) is 2.